The summed E-state index contributed by atoms with van der Waals surface area (Å²) in [4.78, 5) is 18.5. The van der Waals surface area contributed by atoms with E-state index in [0.717, 1.165) is 16.7 Å². The van der Waals surface area contributed by atoms with Gasteiger partial charge in [0.25, 0.3) is 0 Å². The smallest absolute Gasteiger partial charge is 0.419 e. The molecule has 1 aliphatic heterocycles. The van der Waals surface area contributed by atoms with Crippen LogP contribution in [0.2, 0.25) is 0 Å². The number of benzene rings is 2. The number of aromatic nitrogens is 2. The highest BCUT2D eigenvalue weighted by molar-refractivity contribution is 7.89. The fraction of sp³-hybridized carbons (Fsp3) is 0.333. The lowest BCUT2D eigenvalue weighted by Gasteiger charge is -2.33. The molecule has 4 aromatic rings. The molecule has 3 heterocycles. The fourth-order valence-corrected chi connectivity index (χ4v) is 5.33. The van der Waals surface area contributed by atoms with Gasteiger partial charge in [-0.3, -0.25) is 9.47 Å². The zero-order valence-electron chi connectivity index (χ0n) is 17.2. The van der Waals surface area contributed by atoms with E-state index in [4.69, 9.17) is 8.83 Å². The molecule has 0 radical (unpaired) electrons. The molecule has 0 aliphatic carbocycles. The van der Waals surface area contributed by atoms with Crippen molar-refractivity contribution < 1.29 is 17.3 Å². The van der Waals surface area contributed by atoms with Gasteiger partial charge in [-0.1, -0.05) is 6.07 Å². The molecule has 2 aromatic heterocycles. The molecule has 0 amide bonds. The minimum Gasteiger partial charge on any atom is -0.439 e. The molecule has 0 saturated carbocycles. The van der Waals surface area contributed by atoms with Crippen molar-refractivity contribution in [1.82, 2.24) is 18.8 Å². The Labute approximate surface area is 178 Å². The van der Waals surface area contributed by atoms with Crippen LogP contribution in [0.5, 0.6) is 0 Å². The Morgan fingerprint density at radius 3 is 2.55 bits per heavy atom. The summed E-state index contributed by atoms with van der Waals surface area (Å²) in [5.74, 6) is 0.106. The van der Waals surface area contributed by atoms with Crippen molar-refractivity contribution in [2.75, 3.05) is 26.2 Å². The van der Waals surface area contributed by atoms with E-state index in [9.17, 15) is 13.2 Å². The maximum Gasteiger partial charge on any atom is 0.419 e. The summed E-state index contributed by atoms with van der Waals surface area (Å²) in [6.45, 7) is 4.39. The predicted octanol–water partition coefficient (Wildman–Crippen LogP) is 2.09. The normalized spacial score (nSPS) is 16.5. The maximum atomic E-state index is 13.1. The molecule has 2 aromatic carbocycles. The largest absolute Gasteiger partial charge is 0.439 e. The van der Waals surface area contributed by atoms with Crippen molar-refractivity contribution in [1.29, 1.82) is 0 Å². The van der Waals surface area contributed by atoms with E-state index >= 15 is 0 Å². The van der Waals surface area contributed by atoms with Crippen LogP contribution in [0.15, 0.2) is 54.9 Å². The third kappa shape index (κ3) is 3.56. The summed E-state index contributed by atoms with van der Waals surface area (Å²) in [6.07, 6.45) is 0. The van der Waals surface area contributed by atoms with Gasteiger partial charge in [-0.15, -0.1) is 0 Å². The zero-order valence-corrected chi connectivity index (χ0v) is 18.1. The summed E-state index contributed by atoms with van der Waals surface area (Å²) in [5.41, 5.74) is 3.52. The molecule has 31 heavy (non-hydrogen) atoms. The molecule has 1 fully saturated rings. The second-order valence-electron chi connectivity index (χ2n) is 7.82. The maximum absolute atomic E-state index is 13.1. The Morgan fingerprint density at radius 2 is 1.77 bits per heavy atom. The molecule has 0 spiro atoms. The molecular formula is C21H22N4O5S. The highest BCUT2D eigenvalue weighted by Gasteiger charge is 2.29. The number of oxazole rings is 2. The lowest BCUT2D eigenvalue weighted by Crippen LogP contribution is -2.48. The van der Waals surface area contributed by atoms with Crippen molar-refractivity contribution in [2.45, 2.75) is 18.4 Å². The highest BCUT2D eigenvalue weighted by Crippen LogP contribution is 2.23. The number of aryl methyl sites for hydroxylation is 2. The van der Waals surface area contributed by atoms with E-state index in [1.807, 2.05) is 25.1 Å². The molecule has 0 atom stereocenters. The standard InChI is InChI=1S/C21H22N4O5S/c1-14-3-5-16-18(11-14)29-20(22-16)13-24-7-9-25(10-8-24)31(27,28)15-4-6-17-19(12-15)30-21(26)23(17)2/h3-6,11-12H,7-10,13H2,1-2H3. The molecule has 162 valence electrons. The number of fused-ring (bicyclic) bond motifs is 2. The summed E-state index contributed by atoms with van der Waals surface area (Å²) in [6, 6.07) is 10.4. The summed E-state index contributed by atoms with van der Waals surface area (Å²) >= 11 is 0. The lowest BCUT2D eigenvalue weighted by molar-refractivity contribution is 0.169. The van der Waals surface area contributed by atoms with Crippen LogP contribution in [0.25, 0.3) is 22.2 Å². The van der Waals surface area contributed by atoms with Gasteiger partial charge in [0.1, 0.15) is 5.52 Å². The fourth-order valence-electron chi connectivity index (χ4n) is 3.89. The molecular weight excluding hydrogens is 420 g/mol. The minimum atomic E-state index is -3.68. The SMILES string of the molecule is Cc1ccc2nc(CN3CCN(S(=O)(=O)c4ccc5c(c4)oc(=O)n5C)CC3)oc2c1. The Balaban J connectivity index is 1.29. The van der Waals surface area contributed by atoms with Crippen molar-refractivity contribution in [3.8, 4) is 0 Å². The Morgan fingerprint density at radius 1 is 1.00 bits per heavy atom. The summed E-state index contributed by atoms with van der Waals surface area (Å²) in [5, 5.41) is 0. The van der Waals surface area contributed by atoms with Crippen LogP contribution in [0, 0.1) is 6.92 Å². The molecule has 0 unspecified atom stereocenters. The van der Waals surface area contributed by atoms with Crippen LogP contribution < -0.4 is 5.76 Å². The van der Waals surface area contributed by atoms with Crippen LogP contribution in [-0.2, 0) is 23.6 Å². The number of nitrogens with zero attached hydrogens (tertiary/aromatic N) is 4. The Bertz CT molecular complexity index is 1440. The highest BCUT2D eigenvalue weighted by atomic mass is 32.2. The number of piperazine rings is 1. The van der Waals surface area contributed by atoms with Crippen LogP contribution in [0.1, 0.15) is 11.5 Å². The van der Waals surface area contributed by atoms with Crippen LogP contribution in [0.4, 0.5) is 0 Å². The van der Waals surface area contributed by atoms with E-state index in [0.29, 0.717) is 44.1 Å². The second-order valence-corrected chi connectivity index (χ2v) is 9.75. The summed E-state index contributed by atoms with van der Waals surface area (Å²) in [7, 11) is -2.10. The van der Waals surface area contributed by atoms with Gasteiger partial charge in [-0.05, 0) is 36.8 Å². The first kappa shape index (κ1) is 20.0. The molecule has 0 bridgehead atoms. The number of hydrogen-bond donors (Lipinski definition) is 0. The molecule has 10 heteroatoms. The van der Waals surface area contributed by atoms with Gasteiger partial charge in [0.05, 0.1) is 17.0 Å². The number of hydrogen-bond acceptors (Lipinski definition) is 7. The van der Waals surface area contributed by atoms with E-state index < -0.39 is 15.8 Å². The van der Waals surface area contributed by atoms with Gasteiger partial charge in [-0.25, -0.2) is 18.2 Å². The van der Waals surface area contributed by atoms with Gasteiger partial charge in [0.2, 0.25) is 15.9 Å². The average Bonchev–Trinajstić information content (AvgIpc) is 3.27. The lowest BCUT2D eigenvalue weighted by atomic mass is 10.2. The van der Waals surface area contributed by atoms with Crippen LogP contribution in [-0.4, -0.2) is 53.4 Å². The van der Waals surface area contributed by atoms with Crippen molar-refractivity contribution in [3.63, 3.8) is 0 Å². The molecule has 1 saturated heterocycles. The molecule has 1 aliphatic rings. The Kier molecular flexibility index (Phi) is 4.72. The van der Waals surface area contributed by atoms with Crippen molar-refractivity contribution in [3.05, 3.63) is 58.4 Å². The van der Waals surface area contributed by atoms with Gasteiger partial charge < -0.3 is 8.83 Å². The van der Waals surface area contributed by atoms with Crippen LogP contribution >= 0.6 is 0 Å². The summed E-state index contributed by atoms with van der Waals surface area (Å²) < 4.78 is 40.0. The predicted molar refractivity (Wildman–Crippen MR) is 114 cm³/mol. The average molecular weight is 442 g/mol. The van der Waals surface area contributed by atoms with Crippen LogP contribution in [0.3, 0.4) is 0 Å². The van der Waals surface area contributed by atoms with Crippen molar-refractivity contribution >= 4 is 32.2 Å². The van der Waals surface area contributed by atoms with Gasteiger partial charge in [0.15, 0.2) is 11.2 Å². The third-order valence-electron chi connectivity index (χ3n) is 5.68. The molecule has 5 rings (SSSR count). The quantitative estimate of drug-likeness (QED) is 0.477. The van der Waals surface area contributed by atoms with Crippen molar-refractivity contribution in [2.24, 2.45) is 7.05 Å². The van der Waals surface area contributed by atoms with Gasteiger partial charge in [-0.2, -0.15) is 4.31 Å². The Hall–Kier alpha value is -2.95. The molecule has 9 nitrogen and oxygen atoms in total. The van der Waals surface area contributed by atoms with E-state index in [1.165, 1.54) is 21.0 Å². The first-order valence-corrected chi connectivity index (χ1v) is 11.4. The zero-order chi connectivity index (χ0) is 21.8. The minimum absolute atomic E-state index is 0.122. The monoisotopic (exact) mass is 442 g/mol. The topological polar surface area (TPSA) is 102 Å². The number of sulfonamides is 1. The van der Waals surface area contributed by atoms with Gasteiger partial charge in [0, 0.05) is 39.3 Å². The third-order valence-corrected chi connectivity index (χ3v) is 7.57. The first-order chi connectivity index (χ1) is 14.8. The van der Waals surface area contributed by atoms with E-state index in [-0.39, 0.29) is 10.5 Å². The second kappa shape index (κ2) is 7.33. The first-order valence-electron chi connectivity index (χ1n) is 9.99. The van der Waals surface area contributed by atoms with E-state index in [1.54, 1.807) is 13.1 Å². The molecule has 0 N–H and O–H groups in total. The van der Waals surface area contributed by atoms with E-state index in [2.05, 4.69) is 9.88 Å². The van der Waals surface area contributed by atoms with Gasteiger partial charge >= 0.3 is 5.76 Å². The number of rotatable bonds is 4.